The number of anilines is 1. The molecule has 2 rings (SSSR count). The first-order chi connectivity index (χ1) is 12.9. The predicted octanol–water partition coefficient (Wildman–Crippen LogP) is 3.27. The maximum atomic E-state index is 12.6. The van der Waals surface area contributed by atoms with E-state index in [-0.39, 0.29) is 28.7 Å². The third-order valence-corrected chi connectivity index (χ3v) is 4.91. The summed E-state index contributed by atoms with van der Waals surface area (Å²) in [5.74, 6) is -1.54. The van der Waals surface area contributed by atoms with Crippen LogP contribution in [-0.4, -0.2) is 40.8 Å². The molecule has 8 nitrogen and oxygen atoms in total. The van der Waals surface area contributed by atoms with Crippen molar-refractivity contribution in [3.05, 3.63) is 34.0 Å². The van der Waals surface area contributed by atoms with Crippen molar-refractivity contribution in [1.29, 1.82) is 0 Å². The van der Waals surface area contributed by atoms with Crippen LogP contribution in [0, 0.1) is 6.92 Å². The minimum Gasteiger partial charge on any atom is -0.462 e. The quantitative estimate of drug-likeness (QED) is 0.691. The van der Waals surface area contributed by atoms with E-state index in [1.807, 2.05) is 13.8 Å². The maximum absolute atomic E-state index is 12.6. The van der Waals surface area contributed by atoms with Crippen LogP contribution in [0.15, 0.2) is 12.3 Å². The van der Waals surface area contributed by atoms with Gasteiger partial charge in [-0.3, -0.25) is 9.48 Å². The molecule has 2 heterocycles. The number of amides is 1. The van der Waals surface area contributed by atoms with Crippen LogP contribution in [0.3, 0.4) is 0 Å². The number of carbonyl (C=O) groups excluding carboxylic acids is 3. The van der Waals surface area contributed by atoms with E-state index in [0.717, 1.165) is 11.3 Å². The number of nitrogens with one attached hydrogen (secondary N) is 1. The number of aromatic nitrogens is 2. The Morgan fingerprint density at radius 2 is 1.93 bits per heavy atom. The van der Waals surface area contributed by atoms with Gasteiger partial charge < -0.3 is 14.8 Å². The lowest BCUT2D eigenvalue weighted by Crippen LogP contribution is -2.18. The fourth-order valence-electron chi connectivity index (χ4n) is 2.45. The first kappa shape index (κ1) is 20.6. The van der Waals surface area contributed by atoms with Crippen molar-refractivity contribution in [3.8, 4) is 0 Å². The number of carbonyl (C=O) groups is 3. The Labute approximate surface area is 161 Å². The van der Waals surface area contributed by atoms with E-state index in [2.05, 4.69) is 10.4 Å². The van der Waals surface area contributed by atoms with Crippen molar-refractivity contribution < 1.29 is 23.9 Å². The number of ether oxygens (including phenoxy) is 2. The van der Waals surface area contributed by atoms with Crippen molar-refractivity contribution in [2.75, 3.05) is 18.5 Å². The van der Waals surface area contributed by atoms with Crippen LogP contribution in [0.5, 0.6) is 0 Å². The fraction of sp³-hybridized carbons (Fsp3) is 0.444. The Kier molecular flexibility index (Phi) is 7.12. The van der Waals surface area contributed by atoms with Gasteiger partial charge in [-0.15, -0.1) is 11.3 Å². The number of hydrogen-bond donors (Lipinski definition) is 1. The Hall–Kier alpha value is -2.68. The molecule has 0 spiro atoms. The van der Waals surface area contributed by atoms with Gasteiger partial charge in [0.2, 0.25) is 0 Å². The summed E-state index contributed by atoms with van der Waals surface area (Å²) in [4.78, 5) is 37.6. The highest BCUT2D eigenvalue weighted by Crippen LogP contribution is 2.34. The zero-order chi connectivity index (χ0) is 20.0. The van der Waals surface area contributed by atoms with Gasteiger partial charge in [-0.05, 0) is 38.8 Å². The van der Waals surface area contributed by atoms with Crippen molar-refractivity contribution >= 4 is 34.2 Å². The molecule has 27 heavy (non-hydrogen) atoms. The van der Waals surface area contributed by atoms with Crippen LogP contribution in [0.2, 0.25) is 0 Å². The molecule has 1 amide bonds. The molecule has 1 N–H and O–H groups in total. The molecule has 0 bridgehead atoms. The normalized spacial score (nSPS) is 10.5. The van der Waals surface area contributed by atoms with E-state index in [1.54, 1.807) is 19.9 Å². The second kappa shape index (κ2) is 9.31. The summed E-state index contributed by atoms with van der Waals surface area (Å²) in [6.07, 6.45) is 2.19. The molecular formula is C18H23N3O5S. The summed E-state index contributed by atoms with van der Waals surface area (Å²) >= 11 is 0.998. The second-order valence-electron chi connectivity index (χ2n) is 5.60. The number of rotatable bonds is 8. The van der Waals surface area contributed by atoms with Gasteiger partial charge in [0.15, 0.2) is 0 Å². The summed E-state index contributed by atoms with van der Waals surface area (Å²) in [6, 6.07) is 1.58. The van der Waals surface area contributed by atoms with Crippen LogP contribution >= 0.6 is 11.3 Å². The molecule has 2 aromatic heterocycles. The lowest BCUT2D eigenvalue weighted by Gasteiger charge is -2.08. The number of nitrogens with zero attached hydrogens (tertiary/aromatic N) is 2. The van der Waals surface area contributed by atoms with Crippen LogP contribution in [0.4, 0.5) is 5.00 Å². The standard InChI is InChI=1S/C18H23N3O5S/c1-5-10-26-17(23)13-11(4)14(18(24)25-7-3)27-16(13)20-15(22)12-8-9-19-21(12)6-2/h8-9H,5-7,10H2,1-4H3,(H,20,22). The van der Waals surface area contributed by atoms with E-state index in [1.165, 1.54) is 10.9 Å². The van der Waals surface area contributed by atoms with Gasteiger partial charge in [0.1, 0.15) is 15.6 Å². The molecule has 0 atom stereocenters. The van der Waals surface area contributed by atoms with Gasteiger partial charge in [-0.1, -0.05) is 6.92 Å². The van der Waals surface area contributed by atoms with Crippen molar-refractivity contribution in [2.45, 2.75) is 40.7 Å². The first-order valence-electron chi connectivity index (χ1n) is 8.75. The number of esters is 2. The Morgan fingerprint density at radius 3 is 2.56 bits per heavy atom. The summed E-state index contributed by atoms with van der Waals surface area (Å²) in [7, 11) is 0. The minimum absolute atomic E-state index is 0.174. The average Bonchev–Trinajstić information content (AvgIpc) is 3.24. The molecular weight excluding hydrogens is 370 g/mol. The molecule has 0 radical (unpaired) electrons. The summed E-state index contributed by atoms with van der Waals surface area (Å²) in [5, 5.41) is 7.03. The molecule has 0 fully saturated rings. The maximum Gasteiger partial charge on any atom is 0.348 e. The molecule has 0 unspecified atom stereocenters. The monoisotopic (exact) mass is 393 g/mol. The molecule has 0 saturated heterocycles. The average molecular weight is 393 g/mol. The van der Waals surface area contributed by atoms with E-state index in [0.29, 0.717) is 24.2 Å². The van der Waals surface area contributed by atoms with Crippen molar-refractivity contribution in [1.82, 2.24) is 9.78 Å². The van der Waals surface area contributed by atoms with Gasteiger partial charge in [0.05, 0.1) is 18.8 Å². The largest absolute Gasteiger partial charge is 0.462 e. The third-order valence-electron chi connectivity index (χ3n) is 3.72. The van der Waals surface area contributed by atoms with Gasteiger partial charge in [-0.2, -0.15) is 5.10 Å². The lowest BCUT2D eigenvalue weighted by molar-refractivity contribution is 0.0506. The molecule has 0 aliphatic carbocycles. The van der Waals surface area contributed by atoms with Crippen LogP contribution in [0.1, 0.15) is 63.3 Å². The second-order valence-corrected chi connectivity index (χ2v) is 6.62. The van der Waals surface area contributed by atoms with Gasteiger partial charge >= 0.3 is 11.9 Å². The van der Waals surface area contributed by atoms with Crippen LogP contribution in [-0.2, 0) is 16.0 Å². The number of thiophene rings is 1. The van der Waals surface area contributed by atoms with Crippen LogP contribution < -0.4 is 5.32 Å². The molecule has 2 aromatic rings. The summed E-state index contributed by atoms with van der Waals surface area (Å²) < 4.78 is 11.8. The fourth-order valence-corrected chi connectivity index (χ4v) is 3.53. The Balaban J connectivity index is 2.40. The highest BCUT2D eigenvalue weighted by atomic mass is 32.1. The molecule has 0 aliphatic rings. The third kappa shape index (κ3) is 4.54. The lowest BCUT2D eigenvalue weighted by atomic mass is 10.1. The molecule has 9 heteroatoms. The SMILES string of the molecule is CCCOC(=O)c1c(NC(=O)c2ccnn2CC)sc(C(=O)OCC)c1C. The minimum atomic E-state index is -0.583. The topological polar surface area (TPSA) is 99.5 Å². The molecule has 146 valence electrons. The van der Waals surface area contributed by atoms with Gasteiger partial charge in [-0.25, -0.2) is 9.59 Å². The van der Waals surface area contributed by atoms with E-state index < -0.39 is 17.8 Å². The van der Waals surface area contributed by atoms with E-state index in [4.69, 9.17) is 9.47 Å². The molecule has 0 aromatic carbocycles. The highest BCUT2D eigenvalue weighted by Gasteiger charge is 2.28. The smallest absolute Gasteiger partial charge is 0.348 e. The Bertz CT molecular complexity index is 840. The van der Waals surface area contributed by atoms with Crippen molar-refractivity contribution in [2.24, 2.45) is 0 Å². The molecule has 0 aliphatic heterocycles. The van der Waals surface area contributed by atoms with Crippen LogP contribution in [0.25, 0.3) is 0 Å². The Morgan fingerprint density at radius 1 is 1.19 bits per heavy atom. The number of aryl methyl sites for hydroxylation is 1. The van der Waals surface area contributed by atoms with Gasteiger partial charge in [0, 0.05) is 12.7 Å². The molecule has 0 saturated carbocycles. The zero-order valence-electron chi connectivity index (χ0n) is 15.8. The first-order valence-corrected chi connectivity index (χ1v) is 9.56. The van der Waals surface area contributed by atoms with Gasteiger partial charge in [0.25, 0.3) is 5.91 Å². The number of hydrogen-bond acceptors (Lipinski definition) is 7. The van der Waals surface area contributed by atoms with E-state index in [9.17, 15) is 14.4 Å². The highest BCUT2D eigenvalue weighted by molar-refractivity contribution is 7.18. The zero-order valence-corrected chi connectivity index (χ0v) is 16.6. The van der Waals surface area contributed by atoms with E-state index >= 15 is 0 Å². The summed E-state index contributed by atoms with van der Waals surface area (Å²) in [5.41, 5.74) is 0.959. The van der Waals surface area contributed by atoms with Crippen molar-refractivity contribution in [3.63, 3.8) is 0 Å². The summed E-state index contributed by atoms with van der Waals surface area (Å²) in [6.45, 7) is 8.07. The predicted molar refractivity (Wildman–Crippen MR) is 101 cm³/mol.